The molecule has 1 heterocycles. The van der Waals surface area contributed by atoms with Crippen LogP contribution < -0.4 is 5.32 Å². The summed E-state index contributed by atoms with van der Waals surface area (Å²) in [6.07, 6.45) is 1.90. The standard InChI is InChI=1S/C22H17N5O4/c28-11-13-5-7-16(8-6-13)24-22(31)18-9-14-3-1-2-4-17(14)19(20(18)30)25-27-21-15(12-29)10-23-26-21/h1-10,12,28,30H,11H2,(H,23,26)(H,24,31)/b27-25+. The van der Waals surface area contributed by atoms with Crippen LogP contribution in [0, 0.1) is 0 Å². The van der Waals surface area contributed by atoms with Crippen LogP contribution in [0.5, 0.6) is 5.75 Å². The van der Waals surface area contributed by atoms with E-state index < -0.39 is 5.91 Å². The lowest BCUT2D eigenvalue weighted by Crippen LogP contribution is -2.12. The fraction of sp³-hybridized carbons (Fsp3) is 0.0455. The second kappa shape index (κ2) is 8.56. The number of hydrogen-bond donors (Lipinski definition) is 4. The third kappa shape index (κ3) is 4.02. The number of rotatable bonds is 6. The number of aromatic hydroxyl groups is 1. The number of aromatic amines is 1. The molecule has 31 heavy (non-hydrogen) atoms. The largest absolute Gasteiger partial charge is 0.505 e. The van der Waals surface area contributed by atoms with Crippen LogP contribution in [-0.4, -0.2) is 32.6 Å². The number of carbonyl (C=O) groups is 2. The third-order valence-electron chi connectivity index (χ3n) is 4.66. The predicted molar refractivity (Wildman–Crippen MR) is 114 cm³/mol. The number of nitrogens with one attached hydrogen (secondary N) is 2. The minimum atomic E-state index is -0.536. The number of azo groups is 1. The Bertz CT molecular complexity index is 1300. The molecule has 0 fully saturated rings. The lowest BCUT2D eigenvalue weighted by Gasteiger charge is -2.11. The lowest BCUT2D eigenvalue weighted by atomic mass is 10.0. The van der Waals surface area contributed by atoms with Crippen molar-refractivity contribution in [3.05, 3.63) is 77.5 Å². The molecule has 0 saturated carbocycles. The second-order valence-corrected chi connectivity index (χ2v) is 6.64. The molecule has 1 aromatic heterocycles. The Balaban J connectivity index is 1.74. The Morgan fingerprint density at radius 2 is 1.90 bits per heavy atom. The van der Waals surface area contributed by atoms with Crippen LogP contribution in [-0.2, 0) is 6.61 Å². The van der Waals surface area contributed by atoms with Crippen LogP contribution in [0.3, 0.4) is 0 Å². The molecule has 0 saturated heterocycles. The van der Waals surface area contributed by atoms with Gasteiger partial charge in [-0.15, -0.1) is 10.2 Å². The summed E-state index contributed by atoms with van der Waals surface area (Å²) in [6, 6.07) is 15.3. The van der Waals surface area contributed by atoms with Crippen molar-refractivity contribution in [2.24, 2.45) is 10.2 Å². The van der Waals surface area contributed by atoms with Gasteiger partial charge in [0.25, 0.3) is 5.91 Å². The maximum absolute atomic E-state index is 12.9. The van der Waals surface area contributed by atoms with Gasteiger partial charge in [0.2, 0.25) is 0 Å². The van der Waals surface area contributed by atoms with Crippen molar-refractivity contribution >= 4 is 40.2 Å². The summed E-state index contributed by atoms with van der Waals surface area (Å²) < 4.78 is 0. The smallest absolute Gasteiger partial charge is 0.259 e. The summed E-state index contributed by atoms with van der Waals surface area (Å²) in [5.74, 6) is -0.747. The van der Waals surface area contributed by atoms with Gasteiger partial charge in [0, 0.05) is 11.1 Å². The van der Waals surface area contributed by atoms with E-state index in [1.165, 1.54) is 6.20 Å². The Labute approximate surface area is 176 Å². The van der Waals surface area contributed by atoms with Crippen LogP contribution in [0.15, 0.2) is 71.0 Å². The average molecular weight is 415 g/mol. The highest BCUT2D eigenvalue weighted by Crippen LogP contribution is 2.39. The van der Waals surface area contributed by atoms with Crippen molar-refractivity contribution in [2.75, 3.05) is 5.32 Å². The van der Waals surface area contributed by atoms with Gasteiger partial charge >= 0.3 is 0 Å². The zero-order chi connectivity index (χ0) is 21.8. The van der Waals surface area contributed by atoms with Gasteiger partial charge in [-0.1, -0.05) is 36.4 Å². The SMILES string of the molecule is O=Cc1cn[nH]c1/N=N/c1c(O)c(C(=O)Nc2ccc(CO)cc2)cc2ccccc12. The Kier molecular flexibility index (Phi) is 5.50. The summed E-state index contributed by atoms with van der Waals surface area (Å²) in [6.45, 7) is -0.101. The molecule has 0 radical (unpaired) electrons. The molecule has 0 aliphatic heterocycles. The van der Waals surface area contributed by atoms with E-state index in [1.54, 1.807) is 54.6 Å². The Hall–Kier alpha value is -4.37. The van der Waals surface area contributed by atoms with Crippen LogP contribution in [0.25, 0.3) is 10.8 Å². The minimum absolute atomic E-state index is 0.0131. The number of aromatic nitrogens is 2. The maximum atomic E-state index is 12.9. The first-order valence-electron chi connectivity index (χ1n) is 9.27. The fourth-order valence-corrected chi connectivity index (χ4v) is 3.04. The van der Waals surface area contributed by atoms with Gasteiger partial charge in [-0.05, 0) is 29.1 Å². The second-order valence-electron chi connectivity index (χ2n) is 6.64. The summed E-state index contributed by atoms with van der Waals surface area (Å²) >= 11 is 0. The molecule has 3 aromatic carbocycles. The Morgan fingerprint density at radius 1 is 1.13 bits per heavy atom. The number of benzene rings is 3. The van der Waals surface area contributed by atoms with Crippen LogP contribution >= 0.6 is 0 Å². The highest BCUT2D eigenvalue weighted by atomic mass is 16.3. The van der Waals surface area contributed by atoms with E-state index in [9.17, 15) is 14.7 Å². The molecule has 4 aromatic rings. The number of hydrogen-bond acceptors (Lipinski definition) is 7. The van der Waals surface area contributed by atoms with E-state index in [1.807, 2.05) is 0 Å². The average Bonchev–Trinajstić information content (AvgIpc) is 3.26. The van der Waals surface area contributed by atoms with Crippen LogP contribution in [0.2, 0.25) is 0 Å². The van der Waals surface area contributed by atoms with E-state index in [0.717, 1.165) is 0 Å². The molecule has 154 valence electrons. The monoisotopic (exact) mass is 415 g/mol. The number of anilines is 1. The normalized spacial score (nSPS) is 11.1. The van der Waals surface area contributed by atoms with Gasteiger partial charge in [-0.2, -0.15) is 5.10 Å². The molecule has 0 aliphatic carbocycles. The van der Waals surface area contributed by atoms with Crippen LogP contribution in [0.4, 0.5) is 17.2 Å². The van der Waals surface area contributed by atoms with E-state index in [-0.39, 0.29) is 35.0 Å². The van der Waals surface area contributed by atoms with Gasteiger partial charge in [-0.3, -0.25) is 14.7 Å². The minimum Gasteiger partial charge on any atom is -0.505 e. The molecule has 9 nitrogen and oxygen atoms in total. The fourth-order valence-electron chi connectivity index (χ4n) is 3.04. The number of aliphatic hydroxyl groups excluding tert-OH is 1. The number of fused-ring (bicyclic) bond motifs is 1. The molecule has 4 N–H and O–H groups in total. The molecule has 9 heteroatoms. The quantitative estimate of drug-likeness (QED) is 0.275. The van der Waals surface area contributed by atoms with Crippen molar-refractivity contribution in [1.29, 1.82) is 0 Å². The molecular weight excluding hydrogens is 398 g/mol. The highest BCUT2D eigenvalue weighted by molar-refractivity contribution is 6.11. The van der Waals surface area contributed by atoms with E-state index in [0.29, 0.717) is 28.3 Å². The zero-order valence-electron chi connectivity index (χ0n) is 16.1. The third-order valence-corrected chi connectivity index (χ3v) is 4.66. The maximum Gasteiger partial charge on any atom is 0.259 e. The van der Waals surface area contributed by atoms with E-state index in [2.05, 4.69) is 25.7 Å². The molecule has 1 amide bonds. The first-order valence-corrected chi connectivity index (χ1v) is 9.27. The number of aliphatic hydroxyl groups is 1. The summed E-state index contributed by atoms with van der Waals surface area (Å²) in [5.41, 5.74) is 1.53. The topological polar surface area (TPSA) is 140 Å². The predicted octanol–water partition coefficient (Wildman–Crippen LogP) is 4.24. The summed E-state index contributed by atoms with van der Waals surface area (Å²) in [7, 11) is 0. The Morgan fingerprint density at radius 3 is 2.65 bits per heavy atom. The van der Waals surface area contributed by atoms with E-state index in [4.69, 9.17) is 5.11 Å². The molecule has 0 atom stereocenters. The molecule has 0 unspecified atom stereocenters. The molecular formula is C22H17N5O4. The van der Waals surface area contributed by atoms with Crippen molar-refractivity contribution in [3.63, 3.8) is 0 Å². The molecule has 0 bridgehead atoms. The number of phenols is 1. The number of aldehydes is 1. The molecule has 0 spiro atoms. The van der Waals surface area contributed by atoms with Crippen molar-refractivity contribution in [3.8, 4) is 5.75 Å². The first-order chi connectivity index (χ1) is 15.1. The summed E-state index contributed by atoms with van der Waals surface area (Å²) in [5, 5.41) is 38.3. The number of amides is 1. The number of nitrogens with zero attached hydrogens (tertiary/aromatic N) is 3. The lowest BCUT2D eigenvalue weighted by molar-refractivity contribution is 0.102. The van der Waals surface area contributed by atoms with Gasteiger partial charge in [0.15, 0.2) is 17.9 Å². The van der Waals surface area contributed by atoms with Gasteiger partial charge in [-0.25, -0.2) is 0 Å². The van der Waals surface area contributed by atoms with Gasteiger partial charge in [0.1, 0.15) is 5.69 Å². The number of phenolic OH excluding ortho intramolecular Hbond substituents is 1. The zero-order valence-corrected chi connectivity index (χ0v) is 16.1. The van der Waals surface area contributed by atoms with E-state index >= 15 is 0 Å². The van der Waals surface area contributed by atoms with Crippen LogP contribution in [0.1, 0.15) is 26.3 Å². The van der Waals surface area contributed by atoms with Crippen molar-refractivity contribution < 1.29 is 19.8 Å². The molecule has 4 rings (SSSR count). The van der Waals surface area contributed by atoms with Crippen molar-refractivity contribution in [1.82, 2.24) is 10.2 Å². The van der Waals surface area contributed by atoms with Gasteiger partial charge in [0.05, 0.1) is 23.9 Å². The van der Waals surface area contributed by atoms with Crippen molar-refractivity contribution in [2.45, 2.75) is 6.61 Å². The summed E-state index contributed by atoms with van der Waals surface area (Å²) in [4.78, 5) is 23.9. The molecule has 0 aliphatic rings. The first kappa shape index (κ1) is 19.9. The number of carbonyl (C=O) groups excluding carboxylic acids is 2. The number of H-pyrrole nitrogens is 1. The van der Waals surface area contributed by atoms with Gasteiger partial charge < -0.3 is 15.5 Å². The highest BCUT2D eigenvalue weighted by Gasteiger charge is 2.19.